The second kappa shape index (κ2) is 7.15. The van der Waals surface area contributed by atoms with Crippen LogP contribution in [0.25, 0.3) is 0 Å². The van der Waals surface area contributed by atoms with Gasteiger partial charge in [-0.05, 0) is 66.9 Å². The third kappa shape index (κ3) is 3.81. The van der Waals surface area contributed by atoms with Gasteiger partial charge in [0.15, 0.2) is 0 Å². The molecule has 0 aromatic heterocycles. The van der Waals surface area contributed by atoms with Crippen LogP contribution >= 0.6 is 39.1 Å². The lowest BCUT2D eigenvalue weighted by Gasteiger charge is -2.22. The number of hydrogen-bond donors (Lipinski definition) is 1. The van der Waals surface area contributed by atoms with Crippen molar-refractivity contribution in [1.29, 1.82) is 0 Å². The van der Waals surface area contributed by atoms with E-state index in [2.05, 4.69) is 48.1 Å². The predicted octanol–water partition coefficient (Wildman–Crippen LogP) is 6.07. The molecule has 0 radical (unpaired) electrons. The number of nitrogens with one attached hydrogen (secondary N) is 1. The van der Waals surface area contributed by atoms with Crippen molar-refractivity contribution in [3.8, 4) is 0 Å². The number of rotatable bonds is 4. The molecule has 0 saturated heterocycles. The van der Waals surface area contributed by atoms with Crippen LogP contribution in [0.2, 0.25) is 10.0 Å². The highest BCUT2D eigenvalue weighted by Crippen LogP contribution is 2.35. The molecule has 0 aliphatic heterocycles. The Morgan fingerprint density at radius 1 is 1.00 bits per heavy atom. The minimum absolute atomic E-state index is 0.0215. The van der Waals surface area contributed by atoms with E-state index in [-0.39, 0.29) is 6.04 Å². The van der Waals surface area contributed by atoms with Gasteiger partial charge in [0.2, 0.25) is 0 Å². The van der Waals surface area contributed by atoms with E-state index >= 15 is 0 Å². The maximum absolute atomic E-state index is 6.48. The second-order valence-electron chi connectivity index (χ2n) is 5.11. The zero-order valence-corrected chi connectivity index (χ0v) is 15.4. The van der Waals surface area contributed by atoms with E-state index in [1.54, 1.807) is 0 Å². The fourth-order valence-electron chi connectivity index (χ4n) is 2.35. The monoisotopic (exact) mass is 385 g/mol. The highest BCUT2D eigenvalue weighted by molar-refractivity contribution is 9.10. The molecule has 21 heavy (non-hydrogen) atoms. The first-order valence-corrected chi connectivity index (χ1v) is 8.44. The number of halogens is 3. The van der Waals surface area contributed by atoms with Gasteiger partial charge in [0.1, 0.15) is 0 Å². The third-order valence-corrected chi connectivity index (χ3v) is 4.77. The Bertz CT molecular complexity index is 655. The second-order valence-corrected chi connectivity index (χ2v) is 6.84. The van der Waals surface area contributed by atoms with Crippen molar-refractivity contribution < 1.29 is 0 Å². The SMILES string of the molecule is CCNC(c1cc(Br)ccc1Cl)c1cc(C)c(C)cc1Cl. The van der Waals surface area contributed by atoms with Crippen LogP contribution in [-0.4, -0.2) is 6.54 Å². The zero-order chi connectivity index (χ0) is 15.6. The summed E-state index contributed by atoms with van der Waals surface area (Å²) in [6.45, 7) is 7.07. The van der Waals surface area contributed by atoms with Crippen LogP contribution in [0.15, 0.2) is 34.8 Å². The van der Waals surface area contributed by atoms with E-state index in [9.17, 15) is 0 Å². The van der Waals surface area contributed by atoms with Gasteiger partial charge in [0.05, 0.1) is 6.04 Å². The van der Waals surface area contributed by atoms with E-state index in [0.29, 0.717) is 0 Å². The average Bonchev–Trinajstić information content (AvgIpc) is 2.43. The molecule has 112 valence electrons. The van der Waals surface area contributed by atoms with E-state index in [4.69, 9.17) is 23.2 Å². The van der Waals surface area contributed by atoms with Gasteiger partial charge in [0.25, 0.3) is 0 Å². The molecule has 1 nitrogen and oxygen atoms in total. The maximum Gasteiger partial charge on any atom is 0.0606 e. The van der Waals surface area contributed by atoms with Crippen LogP contribution in [0.1, 0.15) is 35.2 Å². The van der Waals surface area contributed by atoms with Crippen molar-refractivity contribution in [3.63, 3.8) is 0 Å². The molecule has 2 rings (SSSR count). The summed E-state index contributed by atoms with van der Waals surface area (Å²) in [5, 5.41) is 4.98. The fourth-order valence-corrected chi connectivity index (χ4v) is 3.28. The molecule has 0 saturated carbocycles. The summed E-state index contributed by atoms with van der Waals surface area (Å²) in [5.74, 6) is 0. The minimum atomic E-state index is -0.0215. The molecule has 0 fully saturated rings. The average molecular weight is 387 g/mol. The molecule has 2 aromatic rings. The quantitative estimate of drug-likeness (QED) is 0.672. The van der Waals surface area contributed by atoms with Gasteiger partial charge in [-0.2, -0.15) is 0 Å². The molecule has 0 aliphatic rings. The Morgan fingerprint density at radius 2 is 1.62 bits per heavy atom. The first kappa shape index (κ1) is 16.8. The van der Waals surface area contributed by atoms with Crippen LogP contribution in [0, 0.1) is 13.8 Å². The molecule has 1 atom stereocenters. The van der Waals surface area contributed by atoms with Crippen molar-refractivity contribution >= 4 is 39.1 Å². The summed E-state index contributed by atoms with van der Waals surface area (Å²) in [7, 11) is 0. The molecule has 0 heterocycles. The standard InChI is InChI=1S/C17H18BrCl2N/c1-4-21-17(14-9-12(18)5-6-15(14)19)13-7-10(2)11(3)8-16(13)20/h5-9,17,21H,4H2,1-3H3. The smallest absolute Gasteiger partial charge is 0.0606 e. The Morgan fingerprint density at radius 3 is 2.29 bits per heavy atom. The van der Waals surface area contributed by atoms with Crippen molar-refractivity contribution in [3.05, 3.63) is 67.1 Å². The molecule has 0 amide bonds. The molecule has 0 spiro atoms. The van der Waals surface area contributed by atoms with Gasteiger partial charge in [-0.3, -0.25) is 0 Å². The molecule has 4 heteroatoms. The predicted molar refractivity (Wildman–Crippen MR) is 95.6 cm³/mol. The highest BCUT2D eigenvalue weighted by Gasteiger charge is 2.20. The molecular weight excluding hydrogens is 369 g/mol. The molecule has 1 unspecified atom stereocenters. The molecular formula is C17H18BrCl2N. The molecule has 0 bridgehead atoms. The van der Waals surface area contributed by atoms with Crippen molar-refractivity contribution in [2.24, 2.45) is 0 Å². The van der Waals surface area contributed by atoms with Gasteiger partial charge >= 0.3 is 0 Å². The van der Waals surface area contributed by atoms with Crippen molar-refractivity contribution in [2.45, 2.75) is 26.8 Å². The molecule has 1 N–H and O–H groups in total. The van der Waals surface area contributed by atoms with E-state index < -0.39 is 0 Å². The molecule has 2 aromatic carbocycles. The largest absolute Gasteiger partial charge is 0.306 e. The fraction of sp³-hybridized carbons (Fsp3) is 0.294. The number of aryl methyl sites for hydroxylation is 2. The van der Waals surface area contributed by atoms with Gasteiger partial charge in [-0.1, -0.05) is 52.1 Å². The summed E-state index contributed by atoms with van der Waals surface area (Å²) in [4.78, 5) is 0. The van der Waals surface area contributed by atoms with Crippen LogP contribution in [-0.2, 0) is 0 Å². The van der Waals surface area contributed by atoms with Gasteiger partial charge < -0.3 is 5.32 Å². The van der Waals surface area contributed by atoms with E-state index in [1.807, 2.05) is 24.3 Å². The van der Waals surface area contributed by atoms with Crippen LogP contribution < -0.4 is 5.32 Å². The number of benzene rings is 2. The summed E-state index contributed by atoms with van der Waals surface area (Å²) < 4.78 is 1.00. The third-order valence-electron chi connectivity index (χ3n) is 3.60. The first-order chi connectivity index (χ1) is 9.93. The lowest BCUT2D eigenvalue weighted by Crippen LogP contribution is -2.23. The van der Waals surface area contributed by atoms with Gasteiger partial charge in [0, 0.05) is 14.5 Å². The first-order valence-electron chi connectivity index (χ1n) is 6.89. The van der Waals surface area contributed by atoms with Gasteiger partial charge in [-0.25, -0.2) is 0 Å². The van der Waals surface area contributed by atoms with Gasteiger partial charge in [-0.15, -0.1) is 0 Å². The highest BCUT2D eigenvalue weighted by atomic mass is 79.9. The Hall–Kier alpha value is -0.540. The van der Waals surface area contributed by atoms with Crippen LogP contribution in [0.3, 0.4) is 0 Å². The zero-order valence-electron chi connectivity index (χ0n) is 12.3. The van der Waals surface area contributed by atoms with E-state index in [0.717, 1.165) is 32.2 Å². The Kier molecular flexibility index (Phi) is 5.73. The topological polar surface area (TPSA) is 12.0 Å². The lowest BCUT2D eigenvalue weighted by molar-refractivity contribution is 0.630. The van der Waals surface area contributed by atoms with E-state index in [1.165, 1.54) is 11.1 Å². The molecule has 0 aliphatic carbocycles. The summed E-state index contributed by atoms with van der Waals surface area (Å²) in [5.41, 5.74) is 4.50. The normalized spacial score (nSPS) is 12.5. The van der Waals surface area contributed by atoms with Crippen LogP contribution in [0.5, 0.6) is 0 Å². The van der Waals surface area contributed by atoms with Crippen LogP contribution in [0.4, 0.5) is 0 Å². The summed E-state index contributed by atoms with van der Waals surface area (Å²) >= 11 is 16.4. The van der Waals surface area contributed by atoms with Crippen molar-refractivity contribution in [1.82, 2.24) is 5.32 Å². The Balaban J connectivity index is 2.58. The minimum Gasteiger partial charge on any atom is -0.306 e. The summed E-state index contributed by atoms with van der Waals surface area (Å²) in [6.07, 6.45) is 0. The van der Waals surface area contributed by atoms with Crippen molar-refractivity contribution in [2.75, 3.05) is 6.54 Å². The summed E-state index contributed by atoms with van der Waals surface area (Å²) in [6, 6.07) is 10.0. The number of hydrogen-bond acceptors (Lipinski definition) is 1. The maximum atomic E-state index is 6.48. The Labute approximate surface area is 144 Å². The lowest BCUT2D eigenvalue weighted by atomic mass is 9.95.